The lowest BCUT2D eigenvalue weighted by molar-refractivity contribution is 0.0954. The van der Waals surface area contributed by atoms with Crippen LogP contribution in [0.5, 0.6) is 0 Å². The summed E-state index contributed by atoms with van der Waals surface area (Å²) in [6.07, 6.45) is 6.30. The molecule has 1 fully saturated rings. The number of benzene rings is 1. The van der Waals surface area contributed by atoms with Crippen molar-refractivity contribution in [1.29, 1.82) is 0 Å². The van der Waals surface area contributed by atoms with Crippen LogP contribution in [0.25, 0.3) is 11.3 Å². The number of aromatic nitrogens is 3. The molecule has 2 aromatic heterocycles. The Balaban J connectivity index is 1.58. The standard InChI is InChI=1S/C20H20ClN3OS/c21-19-9-8-15(11-22-19)14-26-20-23-12-18(16-5-2-1-3-6-16)24(20)13-17-7-4-10-25-17/h1-3,5-6,8-9,11-12,17H,4,7,10,13-14H2. The number of imidazole rings is 1. The Morgan fingerprint density at radius 1 is 1.12 bits per heavy atom. The molecule has 1 atom stereocenters. The molecule has 26 heavy (non-hydrogen) atoms. The highest BCUT2D eigenvalue weighted by atomic mass is 35.5. The average molecular weight is 386 g/mol. The van der Waals surface area contributed by atoms with E-state index in [1.165, 1.54) is 5.56 Å². The van der Waals surface area contributed by atoms with Gasteiger partial charge in [0, 0.05) is 18.6 Å². The van der Waals surface area contributed by atoms with Gasteiger partial charge in [0.05, 0.1) is 24.5 Å². The second-order valence-electron chi connectivity index (χ2n) is 6.32. The molecule has 3 heterocycles. The number of hydrogen-bond acceptors (Lipinski definition) is 4. The molecule has 0 aliphatic carbocycles. The normalized spacial score (nSPS) is 16.9. The number of hydrogen-bond donors (Lipinski definition) is 0. The van der Waals surface area contributed by atoms with E-state index in [4.69, 9.17) is 21.3 Å². The van der Waals surface area contributed by atoms with Crippen molar-refractivity contribution in [3.63, 3.8) is 0 Å². The third-order valence-electron chi connectivity index (χ3n) is 4.46. The van der Waals surface area contributed by atoms with Gasteiger partial charge in [-0.05, 0) is 30.0 Å². The number of nitrogens with zero attached hydrogens (tertiary/aromatic N) is 3. The molecule has 134 valence electrons. The lowest BCUT2D eigenvalue weighted by Gasteiger charge is -2.16. The van der Waals surface area contributed by atoms with Crippen LogP contribution in [0.3, 0.4) is 0 Å². The fourth-order valence-corrected chi connectivity index (χ4v) is 4.16. The zero-order valence-corrected chi connectivity index (χ0v) is 15.9. The monoisotopic (exact) mass is 385 g/mol. The van der Waals surface area contributed by atoms with Crippen molar-refractivity contribution in [3.8, 4) is 11.3 Å². The molecule has 1 aliphatic rings. The van der Waals surface area contributed by atoms with Gasteiger partial charge in [0.25, 0.3) is 0 Å². The van der Waals surface area contributed by atoms with Crippen LogP contribution in [0.2, 0.25) is 5.15 Å². The van der Waals surface area contributed by atoms with Gasteiger partial charge in [0.1, 0.15) is 5.15 Å². The Morgan fingerprint density at radius 3 is 2.73 bits per heavy atom. The van der Waals surface area contributed by atoms with Gasteiger partial charge < -0.3 is 9.30 Å². The molecule has 6 heteroatoms. The van der Waals surface area contributed by atoms with Crippen molar-refractivity contribution in [2.75, 3.05) is 6.61 Å². The molecule has 0 radical (unpaired) electrons. The number of ether oxygens (including phenoxy) is 1. The first-order valence-corrected chi connectivity index (χ1v) is 10.1. The van der Waals surface area contributed by atoms with Crippen LogP contribution >= 0.6 is 23.4 Å². The maximum Gasteiger partial charge on any atom is 0.168 e. The van der Waals surface area contributed by atoms with Gasteiger partial charge in [-0.15, -0.1) is 0 Å². The average Bonchev–Trinajstić information content (AvgIpc) is 3.33. The smallest absolute Gasteiger partial charge is 0.168 e. The lowest BCUT2D eigenvalue weighted by Crippen LogP contribution is -2.16. The van der Waals surface area contributed by atoms with E-state index in [0.29, 0.717) is 5.15 Å². The summed E-state index contributed by atoms with van der Waals surface area (Å²) in [6.45, 7) is 1.70. The molecule has 4 rings (SSSR count). The van der Waals surface area contributed by atoms with Gasteiger partial charge in [-0.25, -0.2) is 9.97 Å². The maximum absolute atomic E-state index is 5.87. The van der Waals surface area contributed by atoms with Crippen LogP contribution in [-0.2, 0) is 17.0 Å². The summed E-state index contributed by atoms with van der Waals surface area (Å²) in [5, 5.41) is 1.53. The van der Waals surface area contributed by atoms with E-state index in [-0.39, 0.29) is 6.10 Å². The van der Waals surface area contributed by atoms with Gasteiger partial charge in [-0.3, -0.25) is 0 Å². The number of thioether (sulfide) groups is 1. The summed E-state index contributed by atoms with van der Waals surface area (Å²) < 4.78 is 8.16. The summed E-state index contributed by atoms with van der Waals surface area (Å²) in [5.41, 5.74) is 3.45. The van der Waals surface area contributed by atoms with Gasteiger partial charge >= 0.3 is 0 Å². The lowest BCUT2D eigenvalue weighted by atomic mass is 10.1. The predicted octanol–water partition coefficient (Wildman–Crippen LogP) is 5.07. The minimum Gasteiger partial charge on any atom is -0.376 e. The number of rotatable bonds is 6. The third-order valence-corrected chi connectivity index (χ3v) is 5.74. The Hall–Kier alpha value is -1.82. The van der Waals surface area contributed by atoms with Gasteiger partial charge in [-0.2, -0.15) is 0 Å². The van der Waals surface area contributed by atoms with Crippen molar-refractivity contribution < 1.29 is 4.74 Å². The molecule has 1 unspecified atom stereocenters. The van der Waals surface area contributed by atoms with Crippen LogP contribution in [0.1, 0.15) is 18.4 Å². The van der Waals surface area contributed by atoms with Crippen molar-refractivity contribution in [2.24, 2.45) is 0 Å². The minimum atomic E-state index is 0.267. The van der Waals surface area contributed by atoms with E-state index in [1.807, 2.05) is 30.6 Å². The summed E-state index contributed by atoms with van der Waals surface area (Å²) in [4.78, 5) is 8.85. The van der Waals surface area contributed by atoms with Crippen molar-refractivity contribution in [1.82, 2.24) is 14.5 Å². The molecule has 0 N–H and O–H groups in total. The molecule has 4 nitrogen and oxygen atoms in total. The topological polar surface area (TPSA) is 39.9 Å². The molecule has 0 amide bonds. The molecule has 3 aromatic rings. The van der Waals surface area contributed by atoms with Crippen LogP contribution in [0, 0.1) is 0 Å². The number of pyridine rings is 1. The first-order chi connectivity index (χ1) is 12.8. The highest BCUT2D eigenvalue weighted by molar-refractivity contribution is 7.98. The molecular formula is C20H20ClN3OS. The number of halogens is 1. The molecule has 0 saturated carbocycles. The SMILES string of the molecule is Clc1ccc(CSc2ncc(-c3ccccc3)n2CC2CCCO2)cn1. The quantitative estimate of drug-likeness (QED) is 0.438. The molecule has 1 saturated heterocycles. The minimum absolute atomic E-state index is 0.267. The van der Waals surface area contributed by atoms with Crippen LogP contribution < -0.4 is 0 Å². The fraction of sp³-hybridized carbons (Fsp3) is 0.300. The van der Waals surface area contributed by atoms with E-state index in [0.717, 1.165) is 48.2 Å². The van der Waals surface area contributed by atoms with Crippen molar-refractivity contribution >= 4 is 23.4 Å². The Morgan fingerprint density at radius 2 is 2.00 bits per heavy atom. The zero-order chi connectivity index (χ0) is 17.8. The summed E-state index contributed by atoms with van der Waals surface area (Å²) >= 11 is 7.59. The van der Waals surface area contributed by atoms with Gasteiger partial charge in [0.2, 0.25) is 0 Å². The highest BCUT2D eigenvalue weighted by Gasteiger charge is 2.20. The predicted molar refractivity (Wildman–Crippen MR) is 105 cm³/mol. The zero-order valence-electron chi connectivity index (χ0n) is 14.3. The molecular weight excluding hydrogens is 366 g/mol. The van der Waals surface area contributed by atoms with E-state index >= 15 is 0 Å². The fourth-order valence-electron chi connectivity index (χ4n) is 3.12. The Kier molecular flexibility index (Phi) is 5.58. The highest BCUT2D eigenvalue weighted by Crippen LogP contribution is 2.30. The van der Waals surface area contributed by atoms with E-state index in [1.54, 1.807) is 11.8 Å². The van der Waals surface area contributed by atoms with Gasteiger partial charge in [-0.1, -0.05) is 59.8 Å². The second-order valence-corrected chi connectivity index (χ2v) is 7.65. The van der Waals surface area contributed by atoms with Gasteiger partial charge in [0.15, 0.2) is 5.16 Å². The van der Waals surface area contributed by atoms with Crippen LogP contribution in [0.4, 0.5) is 0 Å². The summed E-state index contributed by atoms with van der Waals surface area (Å²) in [6, 6.07) is 14.2. The van der Waals surface area contributed by atoms with Crippen LogP contribution in [0.15, 0.2) is 60.0 Å². The molecule has 1 aliphatic heterocycles. The maximum atomic E-state index is 5.87. The largest absolute Gasteiger partial charge is 0.376 e. The van der Waals surface area contributed by atoms with Crippen molar-refractivity contribution in [3.05, 3.63) is 65.6 Å². The van der Waals surface area contributed by atoms with Crippen LogP contribution in [-0.4, -0.2) is 27.2 Å². The molecule has 0 spiro atoms. The van der Waals surface area contributed by atoms with E-state index in [2.05, 4.69) is 33.8 Å². The van der Waals surface area contributed by atoms with Crippen molar-refractivity contribution in [2.45, 2.75) is 36.4 Å². The Labute approximate surface area is 162 Å². The van der Waals surface area contributed by atoms with E-state index in [9.17, 15) is 0 Å². The third kappa shape index (κ3) is 4.11. The first kappa shape index (κ1) is 17.6. The Bertz CT molecular complexity index is 845. The second kappa shape index (κ2) is 8.25. The van der Waals surface area contributed by atoms with E-state index < -0.39 is 0 Å². The molecule has 0 bridgehead atoms. The molecule has 1 aromatic carbocycles. The first-order valence-electron chi connectivity index (χ1n) is 8.75. The summed E-state index contributed by atoms with van der Waals surface area (Å²) in [7, 11) is 0. The summed E-state index contributed by atoms with van der Waals surface area (Å²) in [5.74, 6) is 0.806.